The maximum absolute atomic E-state index is 12.2. The van der Waals surface area contributed by atoms with Crippen molar-refractivity contribution in [1.29, 1.82) is 0 Å². The first kappa shape index (κ1) is 14.1. The van der Waals surface area contributed by atoms with Crippen LogP contribution in [-0.4, -0.2) is 15.6 Å². The van der Waals surface area contributed by atoms with Gasteiger partial charge in [0.25, 0.3) is 5.56 Å². The minimum atomic E-state index is -1.02. The number of carbonyl (C=O) groups is 1. The topological polar surface area (TPSA) is 59.3 Å². The maximum Gasteiger partial charge on any atom is 0.337 e. The Hall–Kier alpha value is -2.36. The number of aromatic carboxylic acids is 1. The Kier molecular flexibility index (Phi) is 3.49. The van der Waals surface area contributed by atoms with Crippen LogP contribution in [0.25, 0.3) is 5.69 Å². The summed E-state index contributed by atoms with van der Waals surface area (Å²) < 4.78 is 1.46. The molecule has 0 aliphatic rings. The molecule has 1 N–H and O–H groups in total. The van der Waals surface area contributed by atoms with Gasteiger partial charge in [-0.25, -0.2) is 4.79 Å². The van der Waals surface area contributed by atoms with Crippen molar-refractivity contribution in [2.45, 2.75) is 27.7 Å². The van der Waals surface area contributed by atoms with Gasteiger partial charge in [-0.1, -0.05) is 17.7 Å². The summed E-state index contributed by atoms with van der Waals surface area (Å²) in [5, 5.41) is 9.31. The minimum Gasteiger partial charge on any atom is -0.478 e. The van der Waals surface area contributed by atoms with Crippen LogP contribution in [0.1, 0.15) is 32.7 Å². The van der Waals surface area contributed by atoms with E-state index in [0.717, 1.165) is 16.8 Å². The lowest BCUT2D eigenvalue weighted by molar-refractivity contribution is 0.0694. The third-order valence-electron chi connectivity index (χ3n) is 3.46. The van der Waals surface area contributed by atoms with Crippen LogP contribution in [0, 0.1) is 27.7 Å². The lowest BCUT2D eigenvalue weighted by Crippen LogP contribution is -2.24. The van der Waals surface area contributed by atoms with Gasteiger partial charge in [0.1, 0.15) is 0 Å². The average Bonchev–Trinajstić information content (AvgIpc) is 2.30. The van der Waals surface area contributed by atoms with Crippen molar-refractivity contribution in [3.8, 4) is 5.69 Å². The Labute approximate surface area is 117 Å². The molecule has 2 aromatic rings. The number of aromatic nitrogens is 1. The van der Waals surface area contributed by atoms with Crippen molar-refractivity contribution < 1.29 is 9.90 Å². The second-order valence-electron chi connectivity index (χ2n) is 5.06. The molecule has 1 aromatic heterocycles. The van der Waals surface area contributed by atoms with Crippen molar-refractivity contribution in [3.05, 3.63) is 62.6 Å². The Morgan fingerprint density at radius 2 is 1.70 bits per heavy atom. The van der Waals surface area contributed by atoms with Gasteiger partial charge in [-0.15, -0.1) is 0 Å². The van der Waals surface area contributed by atoms with Crippen molar-refractivity contribution in [3.63, 3.8) is 0 Å². The highest BCUT2D eigenvalue weighted by atomic mass is 16.4. The number of hydrogen-bond donors (Lipinski definition) is 1. The molecular weight excluding hydrogens is 254 g/mol. The third kappa shape index (κ3) is 2.25. The van der Waals surface area contributed by atoms with Gasteiger partial charge < -0.3 is 5.11 Å². The van der Waals surface area contributed by atoms with Crippen LogP contribution >= 0.6 is 0 Å². The SMILES string of the molecule is Cc1ccc(-n2c(C)c(C(=O)O)c(C)cc2=O)c(C)c1. The largest absolute Gasteiger partial charge is 0.478 e. The smallest absolute Gasteiger partial charge is 0.337 e. The zero-order valence-corrected chi connectivity index (χ0v) is 12.0. The van der Waals surface area contributed by atoms with Gasteiger partial charge >= 0.3 is 5.97 Å². The zero-order chi connectivity index (χ0) is 15.0. The molecule has 0 spiro atoms. The van der Waals surface area contributed by atoms with Gasteiger partial charge in [0.2, 0.25) is 0 Å². The standard InChI is InChI=1S/C16H17NO3/c1-9-5-6-13(10(2)7-9)17-12(4)15(16(19)20)11(3)8-14(17)18/h5-8H,1-4H3,(H,19,20). The highest BCUT2D eigenvalue weighted by Crippen LogP contribution is 2.19. The minimum absolute atomic E-state index is 0.185. The molecule has 0 saturated carbocycles. The molecule has 2 rings (SSSR count). The van der Waals surface area contributed by atoms with Crippen LogP contribution in [0.5, 0.6) is 0 Å². The summed E-state index contributed by atoms with van der Waals surface area (Å²) in [4.78, 5) is 23.6. The Bertz CT molecular complexity index is 757. The van der Waals surface area contributed by atoms with E-state index in [9.17, 15) is 14.7 Å². The van der Waals surface area contributed by atoms with Crippen molar-refractivity contribution in [2.75, 3.05) is 0 Å². The fraction of sp³-hybridized carbons (Fsp3) is 0.250. The fourth-order valence-electron chi connectivity index (χ4n) is 2.56. The van der Waals surface area contributed by atoms with E-state index in [4.69, 9.17) is 0 Å². The molecule has 0 fully saturated rings. The molecule has 1 aromatic carbocycles. The van der Waals surface area contributed by atoms with E-state index in [0.29, 0.717) is 11.3 Å². The second-order valence-corrected chi connectivity index (χ2v) is 5.06. The Balaban J connectivity index is 2.84. The first-order valence-electron chi connectivity index (χ1n) is 6.37. The van der Waals surface area contributed by atoms with Crippen LogP contribution in [0.3, 0.4) is 0 Å². The molecular formula is C16H17NO3. The molecule has 1 heterocycles. The van der Waals surface area contributed by atoms with Crippen molar-refractivity contribution >= 4 is 5.97 Å². The van der Waals surface area contributed by atoms with E-state index in [-0.39, 0.29) is 11.1 Å². The predicted molar refractivity (Wildman–Crippen MR) is 77.9 cm³/mol. The van der Waals surface area contributed by atoms with Gasteiger partial charge in [-0.05, 0) is 44.9 Å². The Morgan fingerprint density at radius 1 is 1.05 bits per heavy atom. The summed E-state index contributed by atoms with van der Waals surface area (Å²) >= 11 is 0. The van der Waals surface area contributed by atoms with Gasteiger partial charge in [-0.2, -0.15) is 0 Å². The maximum atomic E-state index is 12.2. The average molecular weight is 271 g/mol. The van der Waals surface area contributed by atoms with Crippen LogP contribution in [-0.2, 0) is 0 Å². The number of hydrogen-bond acceptors (Lipinski definition) is 2. The molecule has 0 aliphatic heterocycles. The highest BCUT2D eigenvalue weighted by molar-refractivity contribution is 5.90. The van der Waals surface area contributed by atoms with Crippen LogP contribution in [0.15, 0.2) is 29.1 Å². The first-order chi connectivity index (χ1) is 9.32. The molecule has 104 valence electrons. The molecule has 0 aliphatic carbocycles. The summed E-state index contributed by atoms with van der Waals surface area (Å²) in [5.41, 5.74) is 3.68. The van der Waals surface area contributed by atoms with E-state index in [1.54, 1.807) is 13.8 Å². The lowest BCUT2D eigenvalue weighted by atomic mass is 10.1. The van der Waals surface area contributed by atoms with E-state index < -0.39 is 5.97 Å². The molecule has 4 nitrogen and oxygen atoms in total. The monoisotopic (exact) mass is 271 g/mol. The molecule has 0 bridgehead atoms. The number of pyridine rings is 1. The fourth-order valence-corrected chi connectivity index (χ4v) is 2.56. The third-order valence-corrected chi connectivity index (χ3v) is 3.46. The molecule has 0 atom stereocenters. The molecule has 20 heavy (non-hydrogen) atoms. The van der Waals surface area contributed by atoms with Crippen molar-refractivity contribution in [2.24, 2.45) is 0 Å². The first-order valence-corrected chi connectivity index (χ1v) is 6.37. The van der Waals surface area contributed by atoms with E-state index in [1.165, 1.54) is 10.6 Å². The number of nitrogens with zero attached hydrogens (tertiary/aromatic N) is 1. The summed E-state index contributed by atoms with van der Waals surface area (Å²) in [6, 6.07) is 7.10. The zero-order valence-electron chi connectivity index (χ0n) is 12.0. The van der Waals surface area contributed by atoms with Crippen LogP contribution in [0.4, 0.5) is 0 Å². The predicted octanol–water partition coefficient (Wildman–Crippen LogP) is 2.77. The van der Waals surface area contributed by atoms with Gasteiger partial charge in [0.05, 0.1) is 11.3 Å². The van der Waals surface area contributed by atoms with Gasteiger partial charge in [0, 0.05) is 11.8 Å². The second kappa shape index (κ2) is 4.96. The lowest BCUT2D eigenvalue weighted by Gasteiger charge is -2.16. The van der Waals surface area contributed by atoms with E-state index in [2.05, 4.69) is 0 Å². The van der Waals surface area contributed by atoms with Gasteiger partial charge in [0.15, 0.2) is 0 Å². The van der Waals surface area contributed by atoms with Crippen molar-refractivity contribution in [1.82, 2.24) is 4.57 Å². The van der Waals surface area contributed by atoms with Crippen LogP contribution < -0.4 is 5.56 Å². The molecule has 4 heteroatoms. The Morgan fingerprint density at radius 3 is 2.25 bits per heavy atom. The number of carboxylic acid groups (broad SMARTS) is 1. The normalized spacial score (nSPS) is 10.6. The van der Waals surface area contributed by atoms with E-state index >= 15 is 0 Å². The number of aryl methyl sites for hydroxylation is 3. The van der Waals surface area contributed by atoms with Crippen LogP contribution in [0.2, 0.25) is 0 Å². The molecule has 0 unspecified atom stereocenters. The summed E-state index contributed by atoms with van der Waals surface area (Å²) in [5.74, 6) is -1.02. The number of benzene rings is 1. The number of rotatable bonds is 2. The molecule has 0 amide bonds. The van der Waals surface area contributed by atoms with Gasteiger partial charge in [-0.3, -0.25) is 9.36 Å². The summed E-state index contributed by atoms with van der Waals surface area (Å²) in [6.45, 7) is 7.19. The summed E-state index contributed by atoms with van der Waals surface area (Å²) in [7, 11) is 0. The molecule has 0 saturated heterocycles. The quantitative estimate of drug-likeness (QED) is 0.913. The highest BCUT2D eigenvalue weighted by Gasteiger charge is 2.17. The molecule has 0 radical (unpaired) electrons. The van der Waals surface area contributed by atoms with E-state index in [1.807, 2.05) is 32.0 Å². The number of carboxylic acids is 1. The summed E-state index contributed by atoms with van der Waals surface area (Å²) in [6.07, 6.45) is 0.